The van der Waals surface area contributed by atoms with Gasteiger partial charge < -0.3 is 14.2 Å². The van der Waals surface area contributed by atoms with Gasteiger partial charge in [-0.15, -0.1) is 0 Å². The lowest BCUT2D eigenvalue weighted by Crippen LogP contribution is -2.56. The first-order valence-electron chi connectivity index (χ1n) is 6.19. The van der Waals surface area contributed by atoms with Crippen molar-refractivity contribution < 1.29 is 0 Å². The number of nitrogens with zero attached hydrogens (tertiary/aromatic N) is 3. The molecule has 3 nitrogen and oxygen atoms in total. The molecule has 18 heavy (non-hydrogen) atoms. The van der Waals surface area contributed by atoms with Crippen LogP contribution in [-0.2, 0) is 0 Å². The first-order valence-corrected chi connectivity index (χ1v) is 6.19. The Hall–Kier alpha value is -1.19. The summed E-state index contributed by atoms with van der Waals surface area (Å²) in [6.07, 6.45) is 6.31. The molecule has 0 aliphatic carbocycles. The van der Waals surface area contributed by atoms with Crippen LogP contribution in [0.25, 0.3) is 0 Å². The smallest absolute Gasteiger partial charge is 0.364 e. The van der Waals surface area contributed by atoms with Crippen LogP contribution in [-0.4, -0.2) is 36.8 Å². The molecule has 1 fully saturated rings. The molecule has 0 aromatic heterocycles. The van der Waals surface area contributed by atoms with Gasteiger partial charge in [0, 0.05) is 0 Å². The van der Waals surface area contributed by atoms with Gasteiger partial charge in [-0.25, -0.2) is 0 Å². The topological polar surface area (TPSA) is 9.72 Å². The molecule has 1 saturated heterocycles. The Labute approximate surface area is 114 Å². The fraction of sp³-hybridized carbons (Fsp3) is 0.500. The zero-order valence-electron chi connectivity index (χ0n) is 12.3. The van der Waals surface area contributed by atoms with Crippen LogP contribution in [0.1, 0.15) is 41.5 Å². The third-order valence-electron chi connectivity index (χ3n) is 2.02. The standard InChI is InChI=1S/C12H21B3N3/c1-10(2)7-16-13-17(8-11(3)4)15-18(14-16)9-12(5)6/h7-9H,1-6H3. The Kier molecular flexibility index (Phi) is 5.51. The predicted octanol–water partition coefficient (Wildman–Crippen LogP) is 2.28. The van der Waals surface area contributed by atoms with E-state index in [4.69, 9.17) is 0 Å². The molecule has 0 aromatic rings. The summed E-state index contributed by atoms with van der Waals surface area (Å²) in [4.78, 5) is 0. The van der Waals surface area contributed by atoms with E-state index in [0.717, 1.165) is 0 Å². The number of hydrogen-bond acceptors (Lipinski definition) is 3. The minimum absolute atomic E-state index is 1.26. The van der Waals surface area contributed by atoms with Gasteiger partial charge >= 0.3 is 22.6 Å². The molecule has 3 radical (unpaired) electrons. The molecule has 0 saturated carbocycles. The third kappa shape index (κ3) is 5.43. The first kappa shape index (κ1) is 14.9. The summed E-state index contributed by atoms with van der Waals surface area (Å²) >= 11 is 0. The van der Waals surface area contributed by atoms with Crippen LogP contribution in [0.2, 0.25) is 0 Å². The lowest BCUT2D eigenvalue weighted by atomic mass is 9.74. The molecule has 93 valence electrons. The number of hydrogen-bond donors (Lipinski definition) is 0. The molecule has 1 aliphatic rings. The highest BCUT2D eigenvalue weighted by Gasteiger charge is 2.24. The van der Waals surface area contributed by atoms with Gasteiger partial charge in [0.2, 0.25) is 0 Å². The molecule has 0 N–H and O–H groups in total. The van der Waals surface area contributed by atoms with Crippen molar-refractivity contribution in [2.45, 2.75) is 41.5 Å². The number of rotatable bonds is 3. The SMILES string of the molecule is CC(C)=CN1[B]N(C=C(C)C)[B]N(C=C(C)C)[B]1. The molecule has 6 heteroatoms. The van der Waals surface area contributed by atoms with Crippen molar-refractivity contribution in [3.05, 3.63) is 35.3 Å². The zero-order chi connectivity index (χ0) is 13.7. The van der Waals surface area contributed by atoms with E-state index >= 15 is 0 Å². The molecule has 1 rings (SSSR count). The lowest BCUT2D eigenvalue weighted by molar-refractivity contribution is 0.664. The molecule has 0 bridgehead atoms. The van der Waals surface area contributed by atoms with Crippen LogP contribution in [0.4, 0.5) is 0 Å². The van der Waals surface area contributed by atoms with E-state index in [0.29, 0.717) is 0 Å². The Morgan fingerprint density at radius 2 is 0.778 bits per heavy atom. The average Bonchev–Trinajstić information content (AvgIpc) is 2.12. The summed E-state index contributed by atoms with van der Waals surface area (Å²) in [6, 6.07) is 0. The van der Waals surface area contributed by atoms with Crippen LogP contribution in [0.15, 0.2) is 35.3 Å². The fourth-order valence-electron chi connectivity index (χ4n) is 1.65. The number of allylic oxidation sites excluding steroid dienone is 3. The Bertz CT molecular complexity index is 302. The molecule has 0 atom stereocenters. The fourth-order valence-corrected chi connectivity index (χ4v) is 1.65. The minimum Gasteiger partial charge on any atom is -0.437 e. The quantitative estimate of drug-likeness (QED) is 0.700. The summed E-state index contributed by atoms with van der Waals surface area (Å²) in [7, 11) is 6.15. The predicted molar refractivity (Wildman–Crippen MR) is 81.1 cm³/mol. The van der Waals surface area contributed by atoms with E-state index in [9.17, 15) is 0 Å². The highest BCUT2D eigenvalue weighted by Crippen LogP contribution is 2.08. The maximum absolute atomic E-state index is 2.10. The van der Waals surface area contributed by atoms with Crippen LogP contribution in [0.3, 0.4) is 0 Å². The second-order valence-corrected chi connectivity index (χ2v) is 5.31. The second-order valence-electron chi connectivity index (χ2n) is 5.31. The molecule has 0 amide bonds. The molecular weight excluding hydrogens is 219 g/mol. The average molecular weight is 240 g/mol. The Morgan fingerprint density at radius 1 is 0.556 bits per heavy atom. The summed E-state index contributed by atoms with van der Waals surface area (Å²) in [5.41, 5.74) is 3.79. The van der Waals surface area contributed by atoms with E-state index < -0.39 is 0 Å². The third-order valence-corrected chi connectivity index (χ3v) is 2.02. The van der Waals surface area contributed by atoms with Crippen LogP contribution in [0.5, 0.6) is 0 Å². The maximum Gasteiger partial charge on any atom is 0.364 e. The van der Waals surface area contributed by atoms with E-state index in [1.807, 2.05) is 0 Å². The molecular formula is C12H21B3N3. The molecule has 0 spiro atoms. The summed E-state index contributed by atoms with van der Waals surface area (Å²) in [6.45, 7) is 12.6. The lowest BCUT2D eigenvalue weighted by Gasteiger charge is -2.38. The zero-order valence-corrected chi connectivity index (χ0v) is 12.3. The van der Waals surface area contributed by atoms with Crippen molar-refractivity contribution in [1.29, 1.82) is 0 Å². The van der Waals surface area contributed by atoms with E-state index in [-0.39, 0.29) is 0 Å². The molecule has 1 heterocycles. The van der Waals surface area contributed by atoms with E-state index in [1.165, 1.54) is 16.7 Å². The van der Waals surface area contributed by atoms with Crippen molar-refractivity contribution in [3.8, 4) is 0 Å². The maximum atomic E-state index is 2.10. The van der Waals surface area contributed by atoms with Crippen molar-refractivity contribution in [1.82, 2.24) is 14.2 Å². The van der Waals surface area contributed by atoms with Gasteiger partial charge in [-0.3, -0.25) is 0 Å². The Balaban J connectivity index is 2.82. The minimum atomic E-state index is 1.26. The molecule has 0 unspecified atom stereocenters. The monoisotopic (exact) mass is 240 g/mol. The van der Waals surface area contributed by atoms with Gasteiger partial charge in [0.25, 0.3) is 0 Å². The van der Waals surface area contributed by atoms with Crippen LogP contribution < -0.4 is 0 Å². The van der Waals surface area contributed by atoms with Gasteiger partial charge in [0.1, 0.15) is 0 Å². The van der Waals surface area contributed by atoms with Crippen molar-refractivity contribution in [3.63, 3.8) is 0 Å². The normalized spacial score (nSPS) is 14.0. The van der Waals surface area contributed by atoms with Gasteiger partial charge in [-0.2, -0.15) is 0 Å². The summed E-state index contributed by atoms with van der Waals surface area (Å²) in [5.74, 6) is 0. The van der Waals surface area contributed by atoms with Gasteiger partial charge in [-0.05, 0) is 60.1 Å². The van der Waals surface area contributed by atoms with Crippen LogP contribution in [0, 0.1) is 0 Å². The highest BCUT2D eigenvalue weighted by atomic mass is 15.2. The van der Waals surface area contributed by atoms with Crippen molar-refractivity contribution >= 4 is 22.6 Å². The highest BCUT2D eigenvalue weighted by molar-refractivity contribution is 6.65. The van der Waals surface area contributed by atoms with Crippen LogP contribution >= 0.6 is 0 Å². The Morgan fingerprint density at radius 3 is 0.944 bits per heavy atom. The first-order chi connectivity index (χ1) is 8.36. The van der Waals surface area contributed by atoms with E-state index in [2.05, 4.69) is 97.0 Å². The summed E-state index contributed by atoms with van der Waals surface area (Å²) < 4.78 is 6.19. The van der Waals surface area contributed by atoms with Crippen molar-refractivity contribution in [2.24, 2.45) is 0 Å². The largest absolute Gasteiger partial charge is 0.437 e. The summed E-state index contributed by atoms with van der Waals surface area (Å²) in [5, 5.41) is 0. The second kappa shape index (κ2) is 6.67. The van der Waals surface area contributed by atoms with Crippen molar-refractivity contribution in [2.75, 3.05) is 0 Å². The van der Waals surface area contributed by atoms with Gasteiger partial charge in [0.15, 0.2) is 0 Å². The molecule has 1 aliphatic heterocycles. The molecule has 0 aromatic carbocycles. The van der Waals surface area contributed by atoms with E-state index in [1.54, 1.807) is 0 Å². The van der Waals surface area contributed by atoms with Gasteiger partial charge in [-0.1, -0.05) is 16.7 Å². The van der Waals surface area contributed by atoms with Gasteiger partial charge in [0.05, 0.1) is 0 Å².